The van der Waals surface area contributed by atoms with E-state index in [1.165, 1.54) is 32.4 Å². The van der Waals surface area contributed by atoms with Crippen molar-refractivity contribution in [1.82, 2.24) is 15.5 Å². The molecule has 2 N–H and O–H groups in total. The second-order valence-electron chi connectivity index (χ2n) is 7.63. The maximum atomic E-state index is 5.69. The van der Waals surface area contributed by atoms with Crippen molar-refractivity contribution in [2.24, 2.45) is 10.9 Å². The van der Waals surface area contributed by atoms with Gasteiger partial charge in [0.25, 0.3) is 0 Å². The van der Waals surface area contributed by atoms with Crippen molar-refractivity contribution in [1.29, 1.82) is 0 Å². The van der Waals surface area contributed by atoms with Crippen LogP contribution in [0, 0.1) is 5.92 Å². The van der Waals surface area contributed by atoms with Gasteiger partial charge in [-0.05, 0) is 44.6 Å². The van der Waals surface area contributed by atoms with E-state index in [1.807, 2.05) is 7.05 Å². The van der Waals surface area contributed by atoms with Gasteiger partial charge in [-0.3, -0.25) is 9.89 Å². The molecule has 0 radical (unpaired) electrons. The van der Waals surface area contributed by atoms with Gasteiger partial charge < -0.3 is 20.1 Å². The molecule has 2 saturated heterocycles. The highest BCUT2D eigenvalue weighted by Crippen LogP contribution is 2.17. The van der Waals surface area contributed by atoms with E-state index < -0.39 is 0 Å². The fourth-order valence-corrected chi connectivity index (χ4v) is 3.64. The summed E-state index contributed by atoms with van der Waals surface area (Å²) in [5, 5.41) is 6.87. The minimum Gasteiger partial charge on any atom is -0.379 e. The molecule has 0 aromatic rings. The zero-order valence-electron chi connectivity index (χ0n) is 16.4. The van der Waals surface area contributed by atoms with Gasteiger partial charge in [-0.25, -0.2) is 0 Å². The number of likely N-dealkylation sites (tertiary alicyclic amines) is 1. The second-order valence-corrected chi connectivity index (χ2v) is 7.63. The standard InChI is InChI=1S/C19H38N4O2/c1-16(2)14-23-10-4-7-17(23)13-22-19(20-3)21-9-6-11-24-15-18-8-5-12-25-18/h16-18H,4-15H2,1-3H3,(H2,20,21,22)/t17-,18?/m1/s1. The Labute approximate surface area is 153 Å². The summed E-state index contributed by atoms with van der Waals surface area (Å²) in [6.07, 6.45) is 6.22. The Morgan fingerprint density at radius 3 is 2.88 bits per heavy atom. The van der Waals surface area contributed by atoms with Crippen molar-refractivity contribution in [2.75, 3.05) is 53.0 Å². The number of nitrogens with one attached hydrogen (secondary N) is 2. The van der Waals surface area contributed by atoms with Crippen LogP contribution in [-0.4, -0.2) is 76.1 Å². The Kier molecular flexibility index (Phi) is 9.58. The summed E-state index contributed by atoms with van der Waals surface area (Å²) in [4.78, 5) is 6.95. The minimum absolute atomic E-state index is 0.322. The van der Waals surface area contributed by atoms with Gasteiger partial charge in [0.2, 0.25) is 0 Å². The van der Waals surface area contributed by atoms with Crippen LogP contribution >= 0.6 is 0 Å². The smallest absolute Gasteiger partial charge is 0.191 e. The summed E-state index contributed by atoms with van der Waals surface area (Å²) in [7, 11) is 1.84. The number of ether oxygens (including phenoxy) is 2. The van der Waals surface area contributed by atoms with E-state index in [9.17, 15) is 0 Å². The normalized spacial score (nSPS) is 25.0. The van der Waals surface area contributed by atoms with Crippen LogP contribution in [0.4, 0.5) is 0 Å². The first-order valence-electron chi connectivity index (χ1n) is 10.1. The summed E-state index contributed by atoms with van der Waals surface area (Å²) in [6.45, 7) is 11.3. The average molecular weight is 355 g/mol. The van der Waals surface area contributed by atoms with Crippen LogP contribution in [-0.2, 0) is 9.47 Å². The highest BCUT2D eigenvalue weighted by molar-refractivity contribution is 5.79. The molecule has 0 bridgehead atoms. The first-order valence-corrected chi connectivity index (χ1v) is 10.1. The van der Waals surface area contributed by atoms with Gasteiger partial charge in [0.1, 0.15) is 0 Å². The molecule has 2 fully saturated rings. The number of aliphatic imine (C=N–C) groups is 1. The van der Waals surface area contributed by atoms with Gasteiger partial charge in [0.05, 0.1) is 12.7 Å². The van der Waals surface area contributed by atoms with Crippen LogP contribution in [0.3, 0.4) is 0 Å². The maximum Gasteiger partial charge on any atom is 0.191 e. The van der Waals surface area contributed by atoms with Crippen molar-refractivity contribution >= 4 is 5.96 Å². The molecular weight excluding hydrogens is 316 g/mol. The molecule has 25 heavy (non-hydrogen) atoms. The van der Waals surface area contributed by atoms with Gasteiger partial charge >= 0.3 is 0 Å². The van der Waals surface area contributed by atoms with Crippen LogP contribution < -0.4 is 10.6 Å². The monoisotopic (exact) mass is 354 g/mol. The second kappa shape index (κ2) is 11.7. The Hall–Kier alpha value is -0.850. The van der Waals surface area contributed by atoms with E-state index in [1.54, 1.807) is 0 Å². The number of nitrogens with zero attached hydrogens (tertiary/aromatic N) is 2. The van der Waals surface area contributed by atoms with Crippen molar-refractivity contribution < 1.29 is 9.47 Å². The third-order valence-corrected chi connectivity index (χ3v) is 4.91. The van der Waals surface area contributed by atoms with Gasteiger partial charge in [-0.15, -0.1) is 0 Å². The predicted octanol–water partition coefficient (Wildman–Crippen LogP) is 1.86. The third kappa shape index (κ3) is 7.92. The lowest BCUT2D eigenvalue weighted by atomic mass is 10.1. The van der Waals surface area contributed by atoms with Gasteiger partial charge in [0, 0.05) is 45.9 Å². The van der Waals surface area contributed by atoms with Crippen LogP contribution in [0.5, 0.6) is 0 Å². The van der Waals surface area contributed by atoms with Crippen molar-refractivity contribution in [3.05, 3.63) is 0 Å². The molecule has 2 atom stereocenters. The molecule has 2 aliphatic rings. The highest BCUT2D eigenvalue weighted by Gasteiger charge is 2.24. The number of rotatable bonds is 10. The topological polar surface area (TPSA) is 58.1 Å². The largest absolute Gasteiger partial charge is 0.379 e. The molecule has 146 valence electrons. The third-order valence-electron chi connectivity index (χ3n) is 4.91. The molecule has 2 aliphatic heterocycles. The van der Waals surface area contributed by atoms with Crippen LogP contribution in [0.25, 0.3) is 0 Å². The Bertz CT molecular complexity index is 384. The van der Waals surface area contributed by atoms with Crippen molar-refractivity contribution in [3.63, 3.8) is 0 Å². The van der Waals surface area contributed by atoms with Gasteiger partial charge in [-0.2, -0.15) is 0 Å². The van der Waals surface area contributed by atoms with Gasteiger partial charge in [-0.1, -0.05) is 13.8 Å². The molecule has 0 spiro atoms. The lowest BCUT2D eigenvalue weighted by Gasteiger charge is -2.27. The summed E-state index contributed by atoms with van der Waals surface area (Å²) >= 11 is 0. The first-order chi connectivity index (χ1) is 12.2. The molecule has 0 aliphatic carbocycles. The zero-order chi connectivity index (χ0) is 17.9. The molecule has 2 heterocycles. The van der Waals surface area contributed by atoms with Crippen LogP contribution in [0.1, 0.15) is 46.0 Å². The van der Waals surface area contributed by atoms with E-state index in [4.69, 9.17) is 9.47 Å². The summed E-state index contributed by atoms with van der Waals surface area (Å²) < 4.78 is 11.2. The zero-order valence-corrected chi connectivity index (χ0v) is 16.4. The van der Waals surface area contributed by atoms with Crippen molar-refractivity contribution in [2.45, 2.75) is 58.1 Å². The van der Waals surface area contributed by atoms with E-state index in [2.05, 4.69) is 34.4 Å². The van der Waals surface area contributed by atoms with E-state index >= 15 is 0 Å². The number of guanidine groups is 1. The van der Waals surface area contributed by atoms with Crippen LogP contribution in [0.2, 0.25) is 0 Å². The number of hydrogen-bond acceptors (Lipinski definition) is 4. The Balaban J connectivity index is 1.52. The lowest BCUT2D eigenvalue weighted by Crippen LogP contribution is -2.45. The van der Waals surface area contributed by atoms with Crippen molar-refractivity contribution in [3.8, 4) is 0 Å². The first kappa shape index (κ1) is 20.5. The molecule has 6 nitrogen and oxygen atoms in total. The quantitative estimate of drug-likeness (QED) is 0.356. The van der Waals surface area contributed by atoms with E-state index in [-0.39, 0.29) is 0 Å². The maximum absolute atomic E-state index is 5.69. The molecule has 6 heteroatoms. The SMILES string of the molecule is CN=C(NCCCOCC1CCCO1)NC[C@H]1CCCN1CC(C)C. The van der Waals surface area contributed by atoms with Gasteiger partial charge in [0.15, 0.2) is 5.96 Å². The fourth-order valence-electron chi connectivity index (χ4n) is 3.64. The summed E-state index contributed by atoms with van der Waals surface area (Å²) in [5.41, 5.74) is 0. The molecule has 0 aromatic carbocycles. The highest BCUT2D eigenvalue weighted by atomic mass is 16.5. The van der Waals surface area contributed by atoms with Crippen LogP contribution in [0.15, 0.2) is 4.99 Å². The lowest BCUT2D eigenvalue weighted by molar-refractivity contribution is 0.0168. The predicted molar refractivity (Wildman–Crippen MR) is 103 cm³/mol. The molecule has 0 saturated carbocycles. The average Bonchev–Trinajstić information content (AvgIpc) is 3.25. The molecular formula is C19H38N4O2. The Morgan fingerprint density at radius 2 is 2.16 bits per heavy atom. The van der Waals surface area contributed by atoms with E-state index in [0.29, 0.717) is 12.1 Å². The molecule has 0 aromatic heterocycles. The minimum atomic E-state index is 0.322. The molecule has 0 amide bonds. The van der Waals surface area contributed by atoms with E-state index in [0.717, 1.165) is 57.6 Å². The molecule has 1 unspecified atom stereocenters. The Morgan fingerprint density at radius 1 is 1.28 bits per heavy atom. The summed E-state index contributed by atoms with van der Waals surface area (Å²) in [5.74, 6) is 1.63. The molecule has 2 rings (SSSR count). The number of hydrogen-bond donors (Lipinski definition) is 2. The summed E-state index contributed by atoms with van der Waals surface area (Å²) in [6, 6.07) is 0.635. The fraction of sp³-hybridized carbons (Fsp3) is 0.947.